The highest BCUT2D eigenvalue weighted by molar-refractivity contribution is 5.67. The van der Waals surface area contributed by atoms with Crippen LogP contribution < -0.4 is 9.47 Å². The van der Waals surface area contributed by atoms with Gasteiger partial charge >= 0.3 is 0 Å². The summed E-state index contributed by atoms with van der Waals surface area (Å²) in [5.41, 5.74) is 1.70. The first-order valence-corrected chi connectivity index (χ1v) is 5.22. The van der Waals surface area contributed by atoms with Crippen LogP contribution in [0.3, 0.4) is 0 Å². The van der Waals surface area contributed by atoms with Gasteiger partial charge in [0.1, 0.15) is 5.82 Å². The second kappa shape index (κ2) is 4.87. The molecular weight excluding hydrogens is 219 g/mol. The molecule has 0 N–H and O–H groups in total. The average Bonchev–Trinajstić information content (AvgIpc) is 2.38. The summed E-state index contributed by atoms with van der Waals surface area (Å²) in [4.78, 5) is 0. The third kappa shape index (κ3) is 2.38. The minimum atomic E-state index is -0.253. The monoisotopic (exact) mass is 232 g/mol. The van der Waals surface area contributed by atoms with Crippen LogP contribution >= 0.6 is 0 Å². The summed E-state index contributed by atoms with van der Waals surface area (Å²) in [6, 6.07) is 11.9. The van der Waals surface area contributed by atoms with Crippen LogP contribution in [0.15, 0.2) is 42.5 Å². The number of ether oxygens (including phenoxy) is 2. The zero-order valence-electron chi connectivity index (χ0n) is 9.74. The fourth-order valence-corrected chi connectivity index (χ4v) is 1.68. The molecule has 17 heavy (non-hydrogen) atoms. The van der Waals surface area contributed by atoms with Gasteiger partial charge in [-0.25, -0.2) is 4.39 Å². The Bertz CT molecular complexity index is 523. The molecule has 0 aromatic heterocycles. The first-order valence-electron chi connectivity index (χ1n) is 5.22. The summed E-state index contributed by atoms with van der Waals surface area (Å²) in [6.45, 7) is 0. The van der Waals surface area contributed by atoms with Crippen molar-refractivity contribution >= 4 is 0 Å². The van der Waals surface area contributed by atoms with Crippen molar-refractivity contribution < 1.29 is 13.9 Å². The normalized spacial score (nSPS) is 10.1. The zero-order chi connectivity index (χ0) is 12.3. The highest BCUT2D eigenvalue weighted by atomic mass is 19.1. The van der Waals surface area contributed by atoms with Crippen LogP contribution in [0.5, 0.6) is 11.5 Å². The van der Waals surface area contributed by atoms with Crippen molar-refractivity contribution in [3.05, 3.63) is 48.3 Å². The molecule has 0 aliphatic carbocycles. The van der Waals surface area contributed by atoms with Crippen LogP contribution in [0.4, 0.5) is 4.39 Å². The molecule has 0 heterocycles. The van der Waals surface area contributed by atoms with E-state index in [0.717, 1.165) is 11.1 Å². The van der Waals surface area contributed by atoms with Crippen molar-refractivity contribution in [3.63, 3.8) is 0 Å². The van der Waals surface area contributed by atoms with Crippen molar-refractivity contribution in [1.82, 2.24) is 0 Å². The van der Waals surface area contributed by atoms with Gasteiger partial charge in [-0.15, -0.1) is 0 Å². The molecule has 0 bridgehead atoms. The van der Waals surface area contributed by atoms with Gasteiger partial charge in [0.25, 0.3) is 0 Å². The molecular formula is C14H13FO2. The van der Waals surface area contributed by atoms with Crippen LogP contribution in [-0.4, -0.2) is 14.2 Å². The molecule has 0 spiro atoms. The van der Waals surface area contributed by atoms with Crippen molar-refractivity contribution in [2.45, 2.75) is 0 Å². The zero-order valence-corrected chi connectivity index (χ0v) is 9.74. The molecule has 2 aromatic carbocycles. The molecule has 88 valence electrons. The molecule has 0 atom stereocenters. The van der Waals surface area contributed by atoms with Gasteiger partial charge in [-0.05, 0) is 35.4 Å². The van der Waals surface area contributed by atoms with Crippen molar-refractivity contribution in [2.75, 3.05) is 14.2 Å². The Hall–Kier alpha value is -2.03. The standard InChI is InChI=1S/C14H13FO2/c1-16-13-7-6-11(9-14(13)17-2)10-4-3-5-12(15)8-10/h3-9H,1-2H3. The number of hydrogen-bond acceptors (Lipinski definition) is 2. The smallest absolute Gasteiger partial charge is 0.161 e. The van der Waals surface area contributed by atoms with Gasteiger partial charge in [-0.2, -0.15) is 0 Å². The molecule has 0 amide bonds. The van der Waals surface area contributed by atoms with E-state index in [-0.39, 0.29) is 5.82 Å². The van der Waals surface area contributed by atoms with Crippen molar-refractivity contribution in [3.8, 4) is 22.6 Å². The van der Waals surface area contributed by atoms with Gasteiger partial charge in [0.2, 0.25) is 0 Å². The predicted molar refractivity (Wildman–Crippen MR) is 64.9 cm³/mol. The number of methoxy groups -OCH3 is 2. The van der Waals surface area contributed by atoms with Crippen molar-refractivity contribution in [2.24, 2.45) is 0 Å². The second-order valence-corrected chi connectivity index (χ2v) is 3.58. The summed E-state index contributed by atoms with van der Waals surface area (Å²) in [6.07, 6.45) is 0. The lowest BCUT2D eigenvalue weighted by Crippen LogP contribution is -1.90. The van der Waals surface area contributed by atoms with Crippen LogP contribution in [0.2, 0.25) is 0 Å². The highest BCUT2D eigenvalue weighted by Gasteiger charge is 2.06. The summed E-state index contributed by atoms with van der Waals surface area (Å²) in [7, 11) is 3.16. The molecule has 0 aliphatic heterocycles. The molecule has 2 rings (SSSR count). The molecule has 2 nitrogen and oxygen atoms in total. The van der Waals surface area contributed by atoms with Crippen LogP contribution in [0.1, 0.15) is 0 Å². The number of halogens is 1. The van der Waals surface area contributed by atoms with Crippen LogP contribution in [0.25, 0.3) is 11.1 Å². The third-order valence-corrected chi connectivity index (χ3v) is 2.54. The van der Waals surface area contributed by atoms with Crippen LogP contribution in [0, 0.1) is 5.82 Å². The summed E-state index contributed by atoms with van der Waals surface area (Å²) in [5.74, 6) is 1.04. The van der Waals surface area contributed by atoms with Crippen LogP contribution in [-0.2, 0) is 0 Å². The Labute approximate surface area is 99.6 Å². The van der Waals surface area contributed by atoms with Crippen molar-refractivity contribution in [1.29, 1.82) is 0 Å². The Morgan fingerprint density at radius 2 is 1.53 bits per heavy atom. The minimum Gasteiger partial charge on any atom is -0.493 e. The third-order valence-electron chi connectivity index (χ3n) is 2.54. The maximum atomic E-state index is 13.1. The second-order valence-electron chi connectivity index (χ2n) is 3.58. The van der Waals surface area contributed by atoms with Gasteiger partial charge in [-0.3, -0.25) is 0 Å². The quantitative estimate of drug-likeness (QED) is 0.806. The lowest BCUT2D eigenvalue weighted by atomic mass is 10.1. The first kappa shape index (κ1) is 11.5. The fraction of sp³-hybridized carbons (Fsp3) is 0.143. The number of rotatable bonds is 3. The molecule has 0 fully saturated rings. The lowest BCUT2D eigenvalue weighted by molar-refractivity contribution is 0.355. The van der Waals surface area contributed by atoms with E-state index in [2.05, 4.69) is 0 Å². The Kier molecular flexibility index (Phi) is 3.28. The minimum absolute atomic E-state index is 0.253. The van der Waals surface area contributed by atoms with E-state index in [0.29, 0.717) is 11.5 Å². The van der Waals surface area contributed by atoms with Gasteiger partial charge in [-0.1, -0.05) is 18.2 Å². The van der Waals surface area contributed by atoms with E-state index in [1.54, 1.807) is 26.4 Å². The SMILES string of the molecule is COc1ccc(-c2cccc(F)c2)cc1OC. The predicted octanol–water partition coefficient (Wildman–Crippen LogP) is 3.51. The lowest BCUT2D eigenvalue weighted by Gasteiger charge is -2.09. The maximum Gasteiger partial charge on any atom is 0.161 e. The molecule has 0 saturated heterocycles. The van der Waals surface area contributed by atoms with E-state index in [1.165, 1.54) is 12.1 Å². The van der Waals surface area contributed by atoms with Gasteiger partial charge in [0, 0.05) is 0 Å². The first-order chi connectivity index (χ1) is 8.24. The largest absolute Gasteiger partial charge is 0.493 e. The molecule has 0 saturated carbocycles. The van der Waals surface area contributed by atoms with Gasteiger partial charge in [0.15, 0.2) is 11.5 Å². The topological polar surface area (TPSA) is 18.5 Å². The Balaban J connectivity index is 2.46. The Morgan fingerprint density at radius 3 is 2.18 bits per heavy atom. The molecule has 0 radical (unpaired) electrons. The van der Waals surface area contributed by atoms with Gasteiger partial charge in [0.05, 0.1) is 14.2 Å². The molecule has 0 aliphatic rings. The highest BCUT2D eigenvalue weighted by Crippen LogP contribution is 2.32. The number of benzene rings is 2. The van der Waals surface area contributed by atoms with E-state index < -0.39 is 0 Å². The summed E-state index contributed by atoms with van der Waals surface area (Å²) < 4.78 is 23.5. The molecule has 3 heteroatoms. The summed E-state index contributed by atoms with van der Waals surface area (Å²) in [5, 5.41) is 0. The van der Waals surface area contributed by atoms with Gasteiger partial charge < -0.3 is 9.47 Å². The van der Waals surface area contributed by atoms with E-state index in [4.69, 9.17) is 9.47 Å². The van der Waals surface area contributed by atoms with E-state index in [1.807, 2.05) is 18.2 Å². The molecule has 0 unspecified atom stereocenters. The summed E-state index contributed by atoms with van der Waals surface area (Å²) >= 11 is 0. The molecule has 2 aromatic rings. The number of hydrogen-bond donors (Lipinski definition) is 0. The van der Waals surface area contributed by atoms with E-state index in [9.17, 15) is 4.39 Å². The fourth-order valence-electron chi connectivity index (χ4n) is 1.68. The average molecular weight is 232 g/mol. The maximum absolute atomic E-state index is 13.1. The Morgan fingerprint density at radius 1 is 0.824 bits per heavy atom. The van der Waals surface area contributed by atoms with E-state index >= 15 is 0 Å².